The Hall–Kier alpha value is -1.40. The highest BCUT2D eigenvalue weighted by molar-refractivity contribution is 7.89. The minimum atomic E-state index is -3.21. The van der Waals surface area contributed by atoms with Crippen molar-refractivity contribution in [1.82, 2.24) is 9.62 Å². The maximum absolute atomic E-state index is 12.4. The number of nitrogens with zero attached hydrogens (tertiary/aromatic N) is 1. The monoisotopic (exact) mass is 324 g/mol. The van der Waals surface area contributed by atoms with E-state index in [4.69, 9.17) is 0 Å². The molecule has 0 spiro atoms. The second kappa shape index (κ2) is 7.24. The van der Waals surface area contributed by atoms with Crippen LogP contribution < -0.4 is 5.32 Å². The van der Waals surface area contributed by atoms with E-state index in [1.54, 1.807) is 6.92 Å². The number of carbonyl (C=O) groups is 1. The molecule has 0 saturated carbocycles. The zero-order valence-corrected chi connectivity index (χ0v) is 14.0. The first-order valence-electron chi connectivity index (χ1n) is 7.77. The van der Waals surface area contributed by atoms with Crippen LogP contribution >= 0.6 is 0 Å². The summed E-state index contributed by atoms with van der Waals surface area (Å²) in [7, 11) is -3.21. The molecule has 1 fully saturated rings. The van der Waals surface area contributed by atoms with E-state index < -0.39 is 10.0 Å². The summed E-state index contributed by atoms with van der Waals surface area (Å²) < 4.78 is 25.4. The zero-order chi connectivity index (χ0) is 16.2. The van der Waals surface area contributed by atoms with Gasteiger partial charge in [0.15, 0.2) is 0 Å². The summed E-state index contributed by atoms with van der Waals surface area (Å²) in [5, 5.41) is 3.00. The fourth-order valence-electron chi connectivity index (χ4n) is 2.75. The zero-order valence-electron chi connectivity index (χ0n) is 13.2. The number of benzene rings is 1. The van der Waals surface area contributed by atoms with Gasteiger partial charge in [-0.15, -0.1) is 0 Å². The summed E-state index contributed by atoms with van der Waals surface area (Å²) in [6.07, 6.45) is 1.47. The predicted molar refractivity (Wildman–Crippen MR) is 86.8 cm³/mol. The summed E-state index contributed by atoms with van der Waals surface area (Å²) in [5.41, 5.74) is 1.05. The van der Waals surface area contributed by atoms with Crippen molar-refractivity contribution in [2.45, 2.75) is 32.7 Å². The van der Waals surface area contributed by atoms with Crippen molar-refractivity contribution >= 4 is 15.9 Å². The normalized spacial score (nSPS) is 21.3. The standard InChI is InChI=1S/C16H24N2O3S/c1-3-22(20,21)18-11-7-10-15(12-18)16(19)17-13(2)14-8-5-4-6-9-14/h4-6,8-9,13,15H,3,7,10-12H2,1-2H3,(H,17,19). The molecule has 6 heteroatoms. The van der Waals surface area contributed by atoms with Gasteiger partial charge in [-0.3, -0.25) is 4.79 Å². The van der Waals surface area contributed by atoms with Crippen LogP contribution in [-0.2, 0) is 14.8 Å². The lowest BCUT2D eigenvalue weighted by molar-refractivity contribution is -0.126. The number of rotatable bonds is 5. The van der Waals surface area contributed by atoms with E-state index in [9.17, 15) is 13.2 Å². The van der Waals surface area contributed by atoms with Crippen molar-refractivity contribution in [2.24, 2.45) is 5.92 Å². The Morgan fingerprint density at radius 3 is 2.68 bits per heavy atom. The second-order valence-electron chi connectivity index (χ2n) is 5.74. The van der Waals surface area contributed by atoms with Crippen LogP contribution in [0.25, 0.3) is 0 Å². The summed E-state index contributed by atoms with van der Waals surface area (Å²) >= 11 is 0. The molecule has 1 aromatic carbocycles. The van der Waals surface area contributed by atoms with E-state index in [0.29, 0.717) is 13.1 Å². The van der Waals surface area contributed by atoms with Gasteiger partial charge in [-0.1, -0.05) is 30.3 Å². The third-order valence-corrected chi connectivity index (χ3v) is 6.02. The third-order valence-electron chi connectivity index (χ3n) is 4.17. The molecule has 2 unspecified atom stereocenters. The van der Waals surface area contributed by atoms with E-state index in [2.05, 4.69) is 5.32 Å². The van der Waals surface area contributed by atoms with Crippen molar-refractivity contribution in [2.75, 3.05) is 18.8 Å². The van der Waals surface area contributed by atoms with Crippen LogP contribution in [0.5, 0.6) is 0 Å². The minimum absolute atomic E-state index is 0.0626. The van der Waals surface area contributed by atoms with Gasteiger partial charge >= 0.3 is 0 Å². The number of hydrogen-bond donors (Lipinski definition) is 1. The highest BCUT2D eigenvalue weighted by Gasteiger charge is 2.31. The lowest BCUT2D eigenvalue weighted by Gasteiger charge is -2.31. The number of piperidine rings is 1. The van der Waals surface area contributed by atoms with Gasteiger partial charge in [0.05, 0.1) is 17.7 Å². The van der Waals surface area contributed by atoms with Crippen LogP contribution in [0.1, 0.15) is 38.3 Å². The predicted octanol–water partition coefficient (Wildman–Crippen LogP) is 1.93. The highest BCUT2D eigenvalue weighted by atomic mass is 32.2. The Morgan fingerprint density at radius 1 is 1.36 bits per heavy atom. The molecule has 5 nitrogen and oxygen atoms in total. The average Bonchev–Trinajstić information content (AvgIpc) is 2.55. The maximum atomic E-state index is 12.4. The first-order chi connectivity index (χ1) is 10.4. The van der Waals surface area contributed by atoms with Crippen LogP contribution in [0.4, 0.5) is 0 Å². The summed E-state index contributed by atoms with van der Waals surface area (Å²) in [6.45, 7) is 4.39. The van der Waals surface area contributed by atoms with Crippen LogP contribution in [0.2, 0.25) is 0 Å². The molecule has 0 aromatic heterocycles. The second-order valence-corrected chi connectivity index (χ2v) is 8.00. The molecule has 1 aliphatic rings. The lowest BCUT2D eigenvalue weighted by atomic mass is 9.98. The van der Waals surface area contributed by atoms with Crippen LogP contribution in [0.3, 0.4) is 0 Å². The number of nitrogens with one attached hydrogen (secondary N) is 1. The molecule has 2 atom stereocenters. The van der Waals surface area contributed by atoms with Gasteiger partial charge in [-0.05, 0) is 32.3 Å². The summed E-state index contributed by atoms with van der Waals surface area (Å²) in [6, 6.07) is 9.68. The van der Waals surface area contributed by atoms with Gasteiger partial charge in [-0.2, -0.15) is 0 Å². The Labute approximate surface area is 132 Å². The van der Waals surface area contributed by atoms with Gasteiger partial charge in [0, 0.05) is 13.1 Å². The number of carbonyl (C=O) groups excluding carboxylic acids is 1. The fraction of sp³-hybridized carbons (Fsp3) is 0.562. The quantitative estimate of drug-likeness (QED) is 0.900. The average molecular weight is 324 g/mol. The van der Waals surface area contributed by atoms with E-state index in [1.165, 1.54) is 4.31 Å². The molecule has 1 amide bonds. The first kappa shape index (κ1) is 17.0. The van der Waals surface area contributed by atoms with Crippen molar-refractivity contribution in [3.63, 3.8) is 0 Å². The molecule has 1 aromatic rings. The van der Waals surface area contributed by atoms with Crippen molar-refractivity contribution in [3.05, 3.63) is 35.9 Å². The molecular formula is C16H24N2O3S. The van der Waals surface area contributed by atoms with Gasteiger partial charge in [0.1, 0.15) is 0 Å². The molecule has 0 bridgehead atoms. The van der Waals surface area contributed by atoms with Gasteiger partial charge in [0.2, 0.25) is 15.9 Å². The third kappa shape index (κ3) is 4.08. The summed E-state index contributed by atoms with van der Waals surface area (Å²) in [5.74, 6) is -0.240. The molecule has 0 radical (unpaired) electrons. The van der Waals surface area contributed by atoms with Gasteiger partial charge < -0.3 is 5.32 Å². The fourth-order valence-corrected chi connectivity index (χ4v) is 3.93. The molecule has 2 rings (SSSR count). The van der Waals surface area contributed by atoms with E-state index >= 15 is 0 Å². The molecular weight excluding hydrogens is 300 g/mol. The molecule has 22 heavy (non-hydrogen) atoms. The first-order valence-corrected chi connectivity index (χ1v) is 9.38. The lowest BCUT2D eigenvalue weighted by Crippen LogP contribution is -2.46. The molecule has 1 N–H and O–H groups in total. The largest absolute Gasteiger partial charge is 0.349 e. The smallest absolute Gasteiger partial charge is 0.224 e. The van der Waals surface area contributed by atoms with Gasteiger partial charge in [0.25, 0.3) is 0 Å². The van der Waals surface area contributed by atoms with Crippen LogP contribution in [-0.4, -0.2) is 37.5 Å². The van der Waals surface area contributed by atoms with Crippen molar-refractivity contribution in [3.8, 4) is 0 Å². The summed E-state index contributed by atoms with van der Waals surface area (Å²) in [4.78, 5) is 12.4. The molecule has 1 aliphatic heterocycles. The minimum Gasteiger partial charge on any atom is -0.349 e. The van der Waals surface area contributed by atoms with Gasteiger partial charge in [-0.25, -0.2) is 12.7 Å². The SMILES string of the molecule is CCS(=O)(=O)N1CCCC(C(=O)NC(C)c2ccccc2)C1. The molecule has 1 heterocycles. The topological polar surface area (TPSA) is 66.5 Å². The van der Waals surface area contributed by atoms with Crippen molar-refractivity contribution < 1.29 is 13.2 Å². The van der Waals surface area contributed by atoms with Crippen LogP contribution in [0, 0.1) is 5.92 Å². The van der Waals surface area contributed by atoms with E-state index in [1.807, 2.05) is 37.3 Å². The Bertz CT molecular complexity index is 601. The maximum Gasteiger partial charge on any atom is 0.224 e. The van der Waals surface area contributed by atoms with Crippen molar-refractivity contribution in [1.29, 1.82) is 0 Å². The Kier molecular flexibility index (Phi) is 5.58. The molecule has 0 aliphatic carbocycles. The van der Waals surface area contributed by atoms with E-state index in [-0.39, 0.29) is 23.6 Å². The van der Waals surface area contributed by atoms with Crippen LogP contribution in [0.15, 0.2) is 30.3 Å². The molecule has 122 valence electrons. The number of sulfonamides is 1. The highest BCUT2D eigenvalue weighted by Crippen LogP contribution is 2.21. The Morgan fingerprint density at radius 2 is 2.05 bits per heavy atom. The number of amides is 1. The molecule has 1 saturated heterocycles. The Balaban J connectivity index is 1.98. The number of hydrogen-bond acceptors (Lipinski definition) is 3. The van der Waals surface area contributed by atoms with E-state index in [0.717, 1.165) is 18.4 Å².